The predicted octanol–water partition coefficient (Wildman–Crippen LogP) is 1.91. The van der Waals surface area contributed by atoms with Crippen LogP contribution in [0.25, 0.3) is 0 Å². The van der Waals surface area contributed by atoms with Crippen molar-refractivity contribution in [3.63, 3.8) is 0 Å². The van der Waals surface area contributed by atoms with Crippen LogP contribution in [0.3, 0.4) is 0 Å². The van der Waals surface area contributed by atoms with Gasteiger partial charge in [-0.25, -0.2) is 12.8 Å². The summed E-state index contributed by atoms with van der Waals surface area (Å²) in [5.74, 6) is 0.348. The number of hydrogen-bond donors (Lipinski definition) is 1. The highest BCUT2D eigenvalue weighted by Gasteiger charge is 2.25. The van der Waals surface area contributed by atoms with Crippen molar-refractivity contribution in [2.24, 2.45) is 11.7 Å². The normalized spacial score (nSPS) is 16.8. The third-order valence-corrected chi connectivity index (χ3v) is 6.23. The summed E-state index contributed by atoms with van der Waals surface area (Å²) in [6, 6.07) is 6.02. The number of amides is 1. The van der Waals surface area contributed by atoms with Crippen molar-refractivity contribution in [3.8, 4) is 5.75 Å². The molecule has 1 aliphatic rings. The number of rotatable bonds is 9. The largest absolute Gasteiger partial charge is 0.489 e. The fourth-order valence-corrected chi connectivity index (χ4v) is 4.45. The number of nitrogens with zero attached hydrogens (tertiary/aromatic N) is 1. The van der Waals surface area contributed by atoms with Gasteiger partial charge in [-0.15, -0.1) is 0 Å². The van der Waals surface area contributed by atoms with Gasteiger partial charge in [0.05, 0.1) is 17.0 Å². The van der Waals surface area contributed by atoms with E-state index in [9.17, 15) is 17.6 Å². The maximum atomic E-state index is 12.5. The second kappa shape index (κ2) is 9.14. The molecule has 1 atom stereocenters. The monoisotopic (exact) mass is 384 g/mol. The first-order chi connectivity index (χ1) is 12.4. The lowest BCUT2D eigenvalue weighted by Crippen LogP contribution is -2.32. The molecule has 1 heterocycles. The summed E-state index contributed by atoms with van der Waals surface area (Å²) in [5, 5.41) is 0. The highest BCUT2D eigenvalue weighted by Crippen LogP contribution is 2.20. The minimum atomic E-state index is -3.46. The topological polar surface area (TPSA) is 89.7 Å². The second-order valence-corrected chi connectivity index (χ2v) is 8.60. The van der Waals surface area contributed by atoms with Crippen molar-refractivity contribution in [1.29, 1.82) is 0 Å². The summed E-state index contributed by atoms with van der Waals surface area (Å²) < 4.78 is 42.9. The quantitative estimate of drug-likeness (QED) is 0.702. The standard InChI is InChI=1S/C18H25FN2O4S/c1-14(11-21-8-2-3-18(21)22)13-26(23,24)17-6-4-16(5-7-17)25-12-15(9-19)10-20/h4-7,9,14H,2-3,8,10-13,20H2,1H3/b15-9+/t14-/m0/s1. The molecule has 26 heavy (non-hydrogen) atoms. The molecule has 1 aromatic carbocycles. The number of ether oxygens (including phenoxy) is 1. The zero-order valence-electron chi connectivity index (χ0n) is 14.9. The first-order valence-corrected chi connectivity index (χ1v) is 10.2. The number of halogens is 1. The van der Waals surface area contributed by atoms with E-state index in [1.807, 2.05) is 6.92 Å². The summed E-state index contributed by atoms with van der Waals surface area (Å²) in [6.45, 7) is 3.06. The summed E-state index contributed by atoms with van der Waals surface area (Å²) >= 11 is 0. The molecule has 1 fully saturated rings. The summed E-state index contributed by atoms with van der Waals surface area (Å²) in [7, 11) is -3.46. The fourth-order valence-electron chi connectivity index (χ4n) is 2.85. The van der Waals surface area contributed by atoms with E-state index in [1.165, 1.54) is 24.3 Å². The van der Waals surface area contributed by atoms with E-state index in [2.05, 4.69) is 0 Å². The van der Waals surface area contributed by atoms with Crippen molar-refractivity contribution in [2.45, 2.75) is 24.7 Å². The van der Waals surface area contributed by atoms with Crippen LogP contribution in [0, 0.1) is 5.92 Å². The van der Waals surface area contributed by atoms with Gasteiger partial charge in [-0.3, -0.25) is 4.79 Å². The van der Waals surface area contributed by atoms with Gasteiger partial charge >= 0.3 is 0 Å². The van der Waals surface area contributed by atoms with E-state index in [0.29, 0.717) is 37.2 Å². The zero-order valence-corrected chi connectivity index (χ0v) is 15.7. The zero-order chi connectivity index (χ0) is 19.2. The van der Waals surface area contributed by atoms with E-state index < -0.39 is 9.84 Å². The van der Waals surface area contributed by atoms with Crippen molar-refractivity contribution in [1.82, 2.24) is 4.90 Å². The third kappa shape index (κ3) is 5.54. The first-order valence-electron chi connectivity index (χ1n) is 8.57. The summed E-state index contributed by atoms with van der Waals surface area (Å²) in [4.78, 5) is 13.6. The number of benzene rings is 1. The summed E-state index contributed by atoms with van der Waals surface area (Å²) in [6.07, 6.45) is 1.79. The average Bonchev–Trinajstić information content (AvgIpc) is 3.00. The van der Waals surface area contributed by atoms with Crippen molar-refractivity contribution >= 4 is 15.7 Å². The van der Waals surface area contributed by atoms with E-state index >= 15 is 0 Å². The lowest BCUT2D eigenvalue weighted by molar-refractivity contribution is -0.128. The van der Waals surface area contributed by atoms with Crippen LogP contribution in [0.4, 0.5) is 4.39 Å². The van der Waals surface area contributed by atoms with Gasteiger partial charge in [-0.05, 0) is 36.6 Å². The van der Waals surface area contributed by atoms with Crippen LogP contribution in [0.1, 0.15) is 19.8 Å². The SMILES string of the molecule is C[C@@H](CN1CCCC1=O)CS(=O)(=O)c1ccc(OC/C(=C/F)CN)cc1. The van der Waals surface area contributed by atoms with Gasteiger partial charge in [-0.2, -0.15) is 0 Å². The molecule has 144 valence electrons. The van der Waals surface area contributed by atoms with Gasteiger partial charge in [0.1, 0.15) is 12.4 Å². The molecule has 1 aromatic rings. The van der Waals surface area contributed by atoms with Gasteiger partial charge in [-0.1, -0.05) is 6.92 Å². The van der Waals surface area contributed by atoms with Crippen LogP contribution in [0.5, 0.6) is 5.75 Å². The lowest BCUT2D eigenvalue weighted by atomic mass is 10.2. The van der Waals surface area contributed by atoms with Gasteiger partial charge in [0.25, 0.3) is 0 Å². The number of carbonyl (C=O) groups is 1. The smallest absolute Gasteiger partial charge is 0.222 e. The van der Waals surface area contributed by atoms with Crippen LogP contribution < -0.4 is 10.5 Å². The number of hydrogen-bond acceptors (Lipinski definition) is 5. The Labute approximate surface area is 153 Å². The Hall–Kier alpha value is -1.93. The molecular weight excluding hydrogens is 359 g/mol. The Bertz CT molecular complexity index is 747. The molecular formula is C18H25FN2O4S. The molecule has 1 amide bonds. The average molecular weight is 384 g/mol. The van der Waals surface area contributed by atoms with Gasteiger partial charge in [0, 0.05) is 31.6 Å². The lowest BCUT2D eigenvalue weighted by Gasteiger charge is -2.20. The summed E-state index contributed by atoms with van der Waals surface area (Å²) in [5.41, 5.74) is 5.66. The second-order valence-electron chi connectivity index (χ2n) is 6.56. The molecule has 0 saturated carbocycles. The predicted molar refractivity (Wildman–Crippen MR) is 97.2 cm³/mol. The number of likely N-dealkylation sites (tertiary alicyclic amines) is 1. The molecule has 8 heteroatoms. The third-order valence-electron chi connectivity index (χ3n) is 4.23. The molecule has 0 unspecified atom stereocenters. The number of sulfone groups is 1. The molecule has 0 bridgehead atoms. The maximum Gasteiger partial charge on any atom is 0.222 e. The minimum Gasteiger partial charge on any atom is -0.489 e. The van der Waals surface area contributed by atoms with Crippen molar-refractivity contribution < 1.29 is 22.3 Å². The highest BCUT2D eigenvalue weighted by atomic mass is 32.2. The van der Waals surface area contributed by atoms with E-state index in [0.717, 1.165) is 6.42 Å². The van der Waals surface area contributed by atoms with E-state index in [4.69, 9.17) is 10.5 Å². The van der Waals surface area contributed by atoms with Crippen molar-refractivity contribution in [3.05, 3.63) is 36.2 Å². The Morgan fingerprint density at radius 3 is 2.62 bits per heavy atom. The van der Waals surface area contributed by atoms with Gasteiger partial charge < -0.3 is 15.4 Å². The molecule has 1 saturated heterocycles. The fraction of sp³-hybridized carbons (Fsp3) is 0.500. The van der Waals surface area contributed by atoms with E-state index in [1.54, 1.807) is 4.90 Å². The first kappa shape index (κ1) is 20.4. The molecule has 0 aromatic heterocycles. The maximum absolute atomic E-state index is 12.5. The number of carbonyl (C=O) groups excluding carboxylic acids is 1. The molecule has 0 radical (unpaired) electrons. The molecule has 6 nitrogen and oxygen atoms in total. The van der Waals surface area contributed by atoms with Crippen molar-refractivity contribution in [2.75, 3.05) is 32.0 Å². The van der Waals surface area contributed by atoms with Crippen LogP contribution >= 0.6 is 0 Å². The van der Waals surface area contributed by atoms with E-state index in [-0.39, 0.29) is 35.6 Å². The van der Waals surface area contributed by atoms with Crippen LogP contribution in [-0.4, -0.2) is 51.2 Å². The van der Waals surface area contributed by atoms with Crippen LogP contribution in [0.15, 0.2) is 41.1 Å². The number of nitrogens with two attached hydrogens (primary N) is 1. The van der Waals surface area contributed by atoms with Crippen LogP contribution in [0.2, 0.25) is 0 Å². The minimum absolute atomic E-state index is 0.0139. The Morgan fingerprint density at radius 2 is 2.08 bits per heavy atom. The van der Waals surface area contributed by atoms with Gasteiger partial charge in [0.2, 0.25) is 5.91 Å². The Kier molecular flexibility index (Phi) is 7.16. The highest BCUT2D eigenvalue weighted by molar-refractivity contribution is 7.91. The molecule has 0 spiro atoms. The van der Waals surface area contributed by atoms with Crippen LogP contribution in [-0.2, 0) is 14.6 Å². The Morgan fingerprint density at radius 1 is 1.38 bits per heavy atom. The Balaban J connectivity index is 1.94. The molecule has 2 rings (SSSR count). The molecule has 0 aliphatic carbocycles. The molecule has 2 N–H and O–H groups in total. The molecule has 1 aliphatic heterocycles. The van der Waals surface area contributed by atoms with Gasteiger partial charge in [0.15, 0.2) is 9.84 Å².